The van der Waals surface area contributed by atoms with E-state index < -0.39 is 11.0 Å². The standard InChI is InChI=1S/C18H17N3O4/c1-25-16-4-2-3-14(11-16)17(22)12-20-10-9-19-18(20)13-5-7-15(8-6-13)21(23)24/h2-11,17,22H,12H2,1H3. The molecule has 25 heavy (non-hydrogen) atoms. The van der Waals surface area contributed by atoms with Gasteiger partial charge in [0, 0.05) is 30.1 Å². The van der Waals surface area contributed by atoms with Crippen LogP contribution in [-0.2, 0) is 6.54 Å². The molecule has 7 nitrogen and oxygen atoms in total. The number of nitrogens with zero attached hydrogens (tertiary/aromatic N) is 3. The van der Waals surface area contributed by atoms with Crippen LogP contribution in [0.5, 0.6) is 5.75 Å². The van der Waals surface area contributed by atoms with E-state index in [0.717, 1.165) is 11.1 Å². The fraction of sp³-hybridized carbons (Fsp3) is 0.167. The maximum Gasteiger partial charge on any atom is 0.269 e. The Labute approximate surface area is 144 Å². The predicted molar refractivity (Wildman–Crippen MR) is 92.3 cm³/mol. The molecule has 0 aliphatic carbocycles. The van der Waals surface area contributed by atoms with Gasteiger partial charge in [-0.1, -0.05) is 12.1 Å². The van der Waals surface area contributed by atoms with Crippen molar-refractivity contribution in [3.63, 3.8) is 0 Å². The molecule has 1 heterocycles. The van der Waals surface area contributed by atoms with Crippen LogP contribution in [0.25, 0.3) is 11.4 Å². The molecular formula is C18H17N3O4. The largest absolute Gasteiger partial charge is 0.497 e. The van der Waals surface area contributed by atoms with Crippen molar-refractivity contribution in [3.8, 4) is 17.1 Å². The molecular weight excluding hydrogens is 322 g/mol. The lowest BCUT2D eigenvalue weighted by Gasteiger charge is -2.15. The SMILES string of the molecule is COc1cccc(C(O)Cn2ccnc2-c2ccc([N+](=O)[O-])cc2)c1. The molecule has 0 radical (unpaired) electrons. The zero-order valence-corrected chi connectivity index (χ0v) is 13.6. The summed E-state index contributed by atoms with van der Waals surface area (Å²) in [5.41, 5.74) is 1.51. The van der Waals surface area contributed by atoms with Crippen molar-refractivity contribution in [2.45, 2.75) is 12.6 Å². The number of nitro benzene ring substituents is 1. The van der Waals surface area contributed by atoms with E-state index in [1.165, 1.54) is 12.1 Å². The van der Waals surface area contributed by atoms with Gasteiger partial charge in [0.2, 0.25) is 0 Å². The predicted octanol–water partition coefficient (Wildman–Crippen LogP) is 3.20. The first-order valence-electron chi connectivity index (χ1n) is 7.66. The van der Waals surface area contributed by atoms with Gasteiger partial charge < -0.3 is 14.4 Å². The lowest BCUT2D eigenvalue weighted by atomic mass is 10.1. The smallest absolute Gasteiger partial charge is 0.269 e. The summed E-state index contributed by atoms with van der Waals surface area (Å²) in [4.78, 5) is 14.6. The van der Waals surface area contributed by atoms with Crippen molar-refractivity contribution < 1.29 is 14.8 Å². The minimum absolute atomic E-state index is 0.0262. The quantitative estimate of drug-likeness (QED) is 0.550. The summed E-state index contributed by atoms with van der Waals surface area (Å²) in [7, 11) is 1.58. The van der Waals surface area contributed by atoms with Crippen LogP contribution in [-0.4, -0.2) is 26.7 Å². The van der Waals surface area contributed by atoms with Crippen molar-refractivity contribution in [2.75, 3.05) is 7.11 Å². The molecule has 0 amide bonds. The second-order valence-electron chi connectivity index (χ2n) is 5.50. The van der Waals surface area contributed by atoms with Gasteiger partial charge in [-0.05, 0) is 29.8 Å². The molecule has 1 unspecified atom stereocenters. The number of imidazole rings is 1. The molecule has 0 saturated heterocycles. The third-order valence-corrected chi connectivity index (χ3v) is 3.90. The molecule has 2 aromatic carbocycles. The Morgan fingerprint density at radius 2 is 2.04 bits per heavy atom. The fourth-order valence-corrected chi connectivity index (χ4v) is 2.59. The molecule has 128 valence electrons. The highest BCUT2D eigenvalue weighted by atomic mass is 16.6. The molecule has 1 aromatic heterocycles. The molecule has 7 heteroatoms. The van der Waals surface area contributed by atoms with Gasteiger partial charge in [0.15, 0.2) is 0 Å². The summed E-state index contributed by atoms with van der Waals surface area (Å²) >= 11 is 0. The third-order valence-electron chi connectivity index (χ3n) is 3.90. The van der Waals surface area contributed by atoms with Crippen LogP contribution in [0.15, 0.2) is 60.9 Å². The number of benzene rings is 2. The first kappa shape index (κ1) is 16.7. The monoisotopic (exact) mass is 339 g/mol. The second kappa shape index (κ2) is 7.14. The summed E-state index contributed by atoms with van der Waals surface area (Å²) in [6.45, 7) is 0.305. The van der Waals surface area contributed by atoms with Crippen molar-refractivity contribution >= 4 is 5.69 Å². The van der Waals surface area contributed by atoms with Gasteiger partial charge in [-0.3, -0.25) is 10.1 Å². The molecule has 1 N–H and O–H groups in total. The van der Waals surface area contributed by atoms with Gasteiger partial charge in [0.25, 0.3) is 5.69 Å². The number of aliphatic hydroxyl groups is 1. The lowest BCUT2D eigenvalue weighted by Crippen LogP contribution is -2.09. The molecule has 1 atom stereocenters. The number of nitro groups is 1. The van der Waals surface area contributed by atoms with E-state index in [1.54, 1.807) is 37.7 Å². The highest BCUT2D eigenvalue weighted by Gasteiger charge is 2.14. The van der Waals surface area contributed by atoms with E-state index in [9.17, 15) is 15.2 Å². The summed E-state index contributed by atoms with van der Waals surface area (Å²) in [5.74, 6) is 1.31. The van der Waals surface area contributed by atoms with Crippen molar-refractivity contribution in [1.82, 2.24) is 9.55 Å². The Morgan fingerprint density at radius 1 is 1.28 bits per heavy atom. The number of non-ortho nitro benzene ring substituents is 1. The average molecular weight is 339 g/mol. The zero-order chi connectivity index (χ0) is 17.8. The molecule has 3 rings (SSSR count). The van der Waals surface area contributed by atoms with Crippen molar-refractivity contribution in [3.05, 3.63) is 76.6 Å². The number of methoxy groups -OCH3 is 1. The van der Waals surface area contributed by atoms with Crippen LogP contribution in [0.3, 0.4) is 0 Å². The first-order chi connectivity index (χ1) is 12.1. The number of hydrogen-bond acceptors (Lipinski definition) is 5. The number of aromatic nitrogens is 2. The molecule has 0 saturated carbocycles. The maximum absolute atomic E-state index is 10.8. The highest BCUT2D eigenvalue weighted by Crippen LogP contribution is 2.25. The minimum atomic E-state index is -0.735. The Kier molecular flexibility index (Phi) is 4.76. The first-order valence-corrected chi connectivity index (χ1v) is 7.66. The van der Waals surface area contributed by atoms with Crippen LogP contribution >= 0.6 is 0 Å². The number of hydrogen-bond donors (Lipinski definition) is 1. The Bertz CT molecular complexity index is 874. The minimum Gasteiger partial charge on any atom is -0.497 e. The molecule has 3 aromatic rings. The third kappa shape index (κ3) is 3.67. The Balaban J connectivity index is 1.82. The highest BCUT2D eigenvalue weighted by molar-refractivity contribution is 5.57. The number of rotatable bonds is 6. The van der Waals surface area contributed by atoms with Crippen molar-refractivity contribution in [1.29, 1.82) is 0 Å². The Morgan fingerprint density at radius 3 is 2.72 bits per heavy atom. The normalized spacial score (nSPS) is 11.9. The summed E-state index contributed by atoms with van der Waals surface area (Å²) < 4.78 is 6.99. The zero-order valence-electron chi connectivity index (χ0n) is 13.6. The van der Waals surface area contributed by atoms with Crippen LogP contribution in [0.2, 0.25) is 0 Å². The lowest BCUT2D eigenvalue weighted by molar-refractivity contribution is -0.384. The van der Waals surface area contributed by atoms with E-state index in [4.69, 9.17) is 4.74 Å². The summed E-state index contributed by atoms with van der Waals surface area (Å²) in [5, 5.41) is 21.3. The van der Waals surface area contributed by atoms with Crippen LogP contribution in [0, 0.1) is 10.1 Å². The molecule has 0 spiro atoms. The van der Waals surface area contributed by atoms with Gasteiger partial charge in [-0.15, -0.1) is 0 Å². The van der Waals surface area contributed by atoms with Crippen LogP contribution in [0.1, 0.15) is 11.7 Å². The van der Waals surface area contributed by atoms with Gasteiger partial charge in [-0.25, -0.2) is 4.98 Å². The van der Waals surface area contributed by atoms with Gasteiger partial charge >= 0.3 is 0 Å². The number of ether oxygens (including phenoxy) is 1. The van der Waals surface area contributed by atoms with E-state index in [-0.39, 0.29) is 5.69 Å². The average Bonchev–Trinajstić information content (AvgIpc) is 3.10. The van der Waals surface area contributed by atoms with Gasteiger partial charge in [-0.2, -0.15) is 0 Å². The molecule has 0 aliphatic heterocycles. The second-order valence-corrected chi connectivity index (χ2v) is 5.50. The molecule has 0 aliphatic rings. The van der Waals surface area contributed by atoms with Gasteiger partial charge in [0.05, 0.1) is 24.7 Å². The fourth-order valence-electron chi connectivity index (χ4n) is 2.59. The van der Waals surface area contributed by atoms with E-state index >= 15 is 0 Å². The van der Waals surface area contributed by atoms with Crippen molar-refractivity contribution in [2.24, 2.45) is 0 Å². The number of aliphatic hydroxyl groups excluding tert-OH is 1. The maximum atomic E-state index is 10.8. The van der Waals surface area contributed by atoms with E-state index in [2.05, 4.69) is 4.98 Å². The van der Waals surface area contributed by atoms with Crippen LogP contribution in [0.4, 0.5) is 5.69 Å². The molecule has 0 fully saturated rings. The van der Waals surface area contributed by atoms with E-state index in [1.807, 2.05) is 22.8 Å². The van der Waals surface area contributed by atoms with Crippen LogP contribution < -0.4 is 4.74 Å². The van der Waals surface area contributed by atoms with E-state index in [0.29, 0.717) is 18.1 Å². The summed E-state index contributed by atoms with van der Waals surface area (Å²) in [6.07, 6.45) is 2.66. The Hall–Kier alpha value is -3.19. The summed E-state index contributed by atoms with van der Waals surface area (Å²) in [6, 6.07) is 13.4. The molecule has 0 bridgehead atoms. The topological polar surface area (TPSA) is 90.4 Å². The van der Waals surface area contributed by atoms with Gasteiger partial charge in [0.1, 0.15) is 11.6 Å².